The molecule has 0 fully saturated rings. The standard InChI is InChI=1S/C14H15FN2/c1-2-11-4-3-5-14(7-11)17-9-12-6-13(15)10-16-8-12/h3-8,10,17H,2,9H2,1H3. The number of halogens is 1. The summed E-state index contributed by atoms with van der Waals surface area (Å²) in [7, 11) is 0. The predicted octanol–water partition coefficient (Wildman–Crippen LogP) is 3.40. The highest BCUT2D eigenvalue weighted by Gasteiger charge is 1.97. The van der Waals surface area contributed by atoms with Crippen molar-refractivity contribution in [1.82, 2.24) is 4.98 Å². The zero-order valence-electron chi connectivity index (χ0n) is 9.78. The van der Waals surface area contributed by atoms with Crippen LogP contribution in [-0.2, 0) is 13.0 Å². The number of pyridine rings is 1. The molecule has 88 valence electrons. The van der Waals surface area contributed by atoms with Gasteiger partial charge in [0.2, 0.25) is 0 Å². The second-order valence-corrected chi connectivity index (χ2v) is 3.92. The van der Waals surface area contributed by atoms with Crippen LogP contribution in [0.2, 0.25) is 0 Å². The third kappa shape index (κ3) is 3.28. The molecule has 2 nitrogen and oxygen atoms in total. The minimum absolute atomic E-state index is 0.299. The van der Waals surface area contributed by atoms with Gasteiger partial charge in [-0.25, -0.2) is 4.39 Å². The van der Waals surface area contributed by atoms with E-state index < -0.39 is 0 Å². The molecule has 0 aliphatic carbocycles. The first kappa shape index (κ1) is 11.6. The lowest BCUT2D eigenvalue weighted by Crippen LogP contribution is -2.00. The SMILES string of the molecule is CCc1cccc(NCc2cncc(F)c2)c1. The normalized spacial score (nSPS) is 10.2. The van der Waals surface area contributed by atoms with Gasteiger partial charge in [-0.2, -0.15) is 0 Å². The van der Waals surface area contributed by atoms with Crippen molar-refractivity contribution in [1.29, 1.82) is 0 Å². The fraction of sp³-hybridized carbons (Fsp3) is 0.214. The summed E-state index contributed by atoms with van der Waals surface area (Å²) in [6, 6.07) is 9.71. The number of aryl methyl sites for hydroxylation is 1. The smallest absolute Gasteiger partial charge is 0.141 e. The van der Waals surface area contributed by atoms with E-state index in [1.807, 2.05) is 12.1 Å². The maximum absolute atomic E-state index is 12.9. The largest absolute Gasteiger partial charge is 0.381 e. The van der Waals surface area contributed by atoms with Crippen molar-refractivity contribution < 1.29 is 4.39 Å². The van der Waals surface area contributed by atoms with E-state index in [4.69, 9.17) is 0 Å². The van der Waals surface area contributed by atoms with Crippen LogP contribution in [-0.4, -0.2) is 4.98 Å². The van der Waals surface area contributed by atoms with Crippen molar-refractivity contribution in [2.75, 3.05) is 5.32 Å². The number of aromatic nitrogens is 1. The molecule has 0 saturated carbocycles. The highest BCUT2D eigenvalue weighted by molar-refractivity contribution is 5.46. The van der Waals surface area contributed by atoms with E-state index in [9.17, 15) is 4.39 Å². The molecule has 0 aliphatic rings. The Labute approximate surface area is 101 Å². The van der Waals surface area contributed by atoms with Gasteiger partial charge in [0.25, 0.3) is 0 Å². The molecule has 0 aliphatic heterocycles. The van der Waals surface area contributed by atoms with E-state index in [1.54, 1.807) is 6.20 Å². The van der Waals surface area contributed by atoms with Gasteiger partial charge in [0.15, 0.2) is 0 Å². The Kier molecular flexibility index (Phi) is 3.70. The molecule has 2 aromatic rings. The van der Waals surface area contributed by atoms with Gasteiger partial charge in [-0.3, -0.25) is 4.98 Å². The van der Waals surface area contributed by atoms with E-state index in [-0.39, 0.29) is 5.82 Å². The van der Waals surface area contributed by atoms with Crippen LogP contribution < -0.4 is 5.32 Å². The molecule has 0 bridgehead atoms. The van der Waals surface area contributed by atoms with Gasteiger partial charge >= 0.3 is 0 Å². The van der Waals surface area contributed by atoms with Crippen molar-refractivity contribution in [2.45, 2.75) is 19.9 Å². The molecule has 0 spiro atoms. The van der Waals surface area contributed by atoms with Gasteiger partial charge < -0.3 is 5.32 Å². The second kappa shape index (κ2) is 5.43. The summed E-state index contributed by atoms with van der Waals surface area (Å²) < 4.78 is 12.9. The van der Waals surface area contributed by atoms with E-state index >= 15 is 0 Å². The Balaban J connectivity index is 2.02. The molecule has 0 atom stereocenters. The third-order valence-electron chi connectivity index (χ3n) is 2.59. The maximum Gasteiger partial charge on any atom is 0.141 e. The van der Waals surface area contributed by atoms with Gasteiger partial charge in [0.1, 0.15) is 5.82 Å². The monoisotopic (exact) mass is 230 g/mol. The molecule has 17 heavy (non-hydrogen) atoms. The second-order valence-electron chi connectivity index (χ2n) is 3.92. The minimum atomic E-state index is -0.299. The zero-order valence-corrected chi connectivity index (χ0v) is 9.78. The van der Waals surface area contributed by atoms with Crippen LogP contribution in [0.4, 0.5) is 10.1 Å². The Bertz CT molecular complexity index is 497. The van der Waals surface area contributed by atoms with E-state index in [2.05, 4.69) is 29.4 Å². The zero-order chi connectivity index (χ0) is 12.1. The van der Waals surface area contributed by atoms with E-state index in [0.29, 0.717) is 6.54 Å². The van der Waals surface area contributed by atoms with Crippen molar-refractivity contribution in [3.05, 3.63) is 59.7 Å². The summed E-state index contributed by atoms with van der Waals surface area (Å²) in [6.45, 7) is 2.70. The summed E-state index contributed by atoms with van der Waals surface area (Å²) in [5.41, 5.74) is 3.17. The Morgan fingerprint density at radius 2 is 2.06 bits per heavy atom. The minimum Gasteiger partial charge on any atom is -0.381 e. The van der Waals surface area contributed by atoms with Crippen LogP contribution in [0.5, 0.6) is 0 Å². The van der Waals surface area contributed by atoms with Crippen molar-refractivity contribution >= 4 is 5.69 Å². The van der Waals surface area contributed by atoms with Gasteiger partial charge in [-0.1, -0.05) is 19.1 Å². The molecule has 1 N–H and O–H groups in total. The van der Waals surface area contributed by atoms with E-state index in [0.717, 1.165) is 17.7 Å². The average Bonchev–Trinajstić information content (AvgIpc) is 2.37. The summed E-state index contributed by atoms with van der Waals surface area (Å²) in [5, 5.41) is 3.26. The molecule has 1 aromatic carbocycles. The molecule has 1 aromatic heterocycles. The lowest BCUT2D eigenvalue weighted by Gasteiger charge is -2.07. The first-order chi connectivity index (χ1) is 8.28. The summed E-state index contributed by atoms with van der Waals surface area (Å²) in [5.74, 6) is -0.299. The summed E-state index contributed by atoms with van der Waals surface area (Å²) in [4.78, 5) is 3.82. The van der Waals surface area contributed by atoms with Crippen LogP contribution >= 0.6 is 0 Å². The molecule has 0 unspecified atom stereocenters. The van der Waals surface area contributed by atoms with Gasteiger partial charge in [-0.05, 0) is 35.7 Å². The van der Waals surface area contributed by atoms with Crippen molar-refractivity contribution in [3.8, 4) is 0 Å². The predicted molar refractivity (Wildman–Crippen MR) is 67.3 cm³/mol. The molecular formula is C14H15FN2. The molecule has 0 radical (unpaired) electrons. The highest BCUT2D eigenvalue weighted by Crippen LogP contribution is 2.12. The number of anilines is 1. The topological polar surface area (TPSA) is 24.9 Å². The van der Waals surface area contributed by atoms with Gasteiger partial charge in [-0.15, -0.1) is 0 Å². The van der Waals surface area contributed by atoms with Crippen molar-refractivity contribution in [2.24, 2.45) is 0 Å². The molecular weight excluding hydrogens is 215 g/mol. The van der Waals surface area contributed by atoms with Crippen molar-refractivity contribution in [3.63, 3.8) is 0 Å². The van der Waals surface area contributed by atoms with Crippen LogP contribution in [0.1, 0.15) is 18.1 Å². The fourth-order valence-electron chi connectivity index (χ4n) is 1.66. The molecule has 1 heterocycles. The third-order valence-corrected chi connectivity index (χ3v) is 2.59. The quantitative estimate of drug-likeness (QED) is 0.870. The molecule has 0 amide bonds. The summed E-state index contributed by atoms with van der Waals surface area (Å²) in [6.07, 6.45) is 3.89. The Morgan fingerprint density at radius 3 is 2.82 bits per heavy atom. The van der Waals surface area contributed by atoms with Crippen LogP contribution in [0.15, 0.2) is 42.7 Å². The summed E-state index contributed by atoms with van der Waals surface area (Å²) >= 11 is 0. The van der Waals surface area contributed by atoms with Gasteiger partial charge in [0.05, 0.1) is 6.20 Å². The number of hydrogen-bond donors (Lipinski definition) is 1. The molecule has 2 rings (SSSR count). The Morgan fingerprint density at radius 1 is 1.18 bits per heavy atom. The van der Waals surface area contributed by atoms with Crippen LogP contribution in [0.25, 0.3) is 0 Å². The number of benzene rings is 1. The fourth-order valence-corrected chi connectivity index (χ4v) is 1.66. The maximum atomic E-state index is 12.9. The molecule has 0 saturated heterocycles. The van der Waals surface area contributed by atoms with Crippen LogP contribution in [0.3, 0.4) is 0 Å². The number of nitrogens with zero attached hydrogens (tertiary/aromatic N) is 1. The lowest BCUT2D eigenvalue weighted by molar-refractivity contribution is 0.619. The lowest BCUT2D eigenvalue weighted by atomic mass is 10.1. The highest BCUT2D eigenvalue weighted by atomic mass is 19.1. The first-order valence-electron chi connectivity index (χ1n) is 5.70. The van der Waals surface area contributed by atoms with E-state index in [1.165, 1.54) is 17.8 Å². The number of nitrogens with one attached hydrogen (secondary N) is 1. The van der Waals surface area contributed by atoms with Crippen LogP contribution in [0, 0.1) is 5.82 Å². The Hall–Kier alpha value is -1.90. The molecule has 3 heteroatoms. The first-order valence-corrected chi connectivity index (χ1v) is 5.70. The number of hydrogen-bond acceptors (Lipinski definition) is 2. The number of rotatable bonds is 4. The average molecular weight is 230 g/mol. The van der Waals surface area contributed by atoms with Gasteiger partial charge in [0, 0.05) is 18.4 Å².